The first-order valence-electron chi connectivity index (χ1n) is 33.5. The van der Waals surface area contributed by atoms with Gasteiger partial charge in [0.15, 0.2) is 6.10 Å². The van der Waals surface area contributed by atoms with Gasteiger partial charge >= 0.3 is 17.9 Å². The van der Waals surface area contributed by atoms with Gasteiger partial charge in [0, 0.05) is 19.3 Å². The zero-order chi connectivity index (χ0) is 57.8. The van der Waals surface area contributed by atoms with Crippen LogP contribution >= 0.6 is 0 Å². The molecule has 0 bridgehead atoms. The van der Waals surface area contributed by atoms with Gasteiger partial charge in [0.25, 0.3) is 0 Å². The minimum atomic E-state index is -0.820. The molecule has 0 N–H and O–H groups in total. The number of hydrogen-bond acceptors (Lipinski definition) is 6. The van der Waals surface area contributed by atoms with Gasteiger partial charge in [-0.05, 0) is 103 Å². The summed E-state index contributed by atoms with van der Waals surface area (Å²) in [5.41, 5.74) is 0. The summed E-state index contributed by atoms with van der Waals surface area (Å²) >= 11 is 0. The molecule has 0 aliphatic rings. The van der Waals surface area contributed by atoms with E-state index in [2.05, 4.69) is 142 Å². The maximum atomic E-state index is 12.9. The van der Waals surface area contributed by atoms with Crippen LogP contribution < -0.4 is 0 Å². The number of carbonyl (C=O) groups excluding carboxylic acids is 3. The van der Waals surface area contributed by atoms with Crippen molar-refractivity contribution < 1.29 is 28.6 Å². The molecule has 456 valence electrons. The molecule has 0 spiro atoms. The number of rotatable bonds is 60. The molecule has 0 saturated carbocycles. The average molecular weight is 1110 g/mol. The van der Waals surface area contributed by atoms with E-state index in [1.54, 1.807) is 0 Å². The fourth-order valence-corrected chi connectivity index (χ4v) is 9.27. The van der Waals surface area contributed by atoms with Crippen LogP contribution in [-0.2, 0) is 28.6 Å². The lowest BCUT2D eigenvalue weighted by molar-refractivity contribution is -0.167. The monoisotopic (exact) mass is 1110 g/mol. The smallest absolute Gasteiger partial charge is 0.306 e. The van der Waals surface area contributed by atoms with Crippen LogP contribution in [0.4, 0.5) is 0 Å². The zero-order valence-electron chi connectivity index (χ0n) is 52.3. The Hall–Kier alpha value is -4.19. The number of unbranched alkanes of at least 4 members (excludes halogenated alkanes) is 29. The molecule has 0 aliphatic heterocycles. The van der Waals surface area contributed by atoms with Crippen molar-refractivity contribution in [1.29, 1.82) is 0 Å². The molecule has 1 atom stereocenters. The van der Waals surface area contributed by atoms with E-state index in [1.165, 1.54) is 135 Å². The third-order valence-corrected chi connectivity index (χ3v) is 14.2. The molecule has 0 aromatic heterocycles. The lowest BCUT2D eigenvalue weighted by Crippen LogP contribution is -2.30. The number of hydrogen-bond donors (Lipinski definition) is 0. The third kappa shape index (κ3) is 64.6. The second kappa shape index (κ2) is 67.3. The summed E-state index contributed by atoms with van der Waals surface area (Å²) in [6, 6.07) is 0. The fourth-order valence-electron chi connectivity index (χ4n) is 9.27. The Morgan fingerprint density at radius 2 is 0.500 bits per heavy atom. The maximum absolute atomic E-state index is 12.9. The Morgan fingerprint density at radius 1 is 0.263 bits per heavy atom. The molecule has 0 heterocycles. The van der Waals surface area contributed by atoms with E-state index in [9.17, 15) is 14.4 Å². The van der Waals surface area contributed by atoms with Crippen LogP contribution in [0.15, 0.2) is 122 Å². The number of carbonyl (C=O) groups is 3. The van der Waals surface area contributed by atoms with E-state index in [4.69, 9.17) is 14.2 Å². The Balaban J connectivity index is 4.44. The van der Waals surface area contributed by atoms with E-state index in [1.807, 2.05) is 0 Å². The standard InChI is InChI=1S/C74H124O6/c1-4-7-10-13-16-19-22-25-28-30-32-34-36-38-39-41-43-46-49-52-55-58-61-64-67-73(76)79-70-71(69-78-72(75)66-63-60-57-54-51-48-45-27-24-21-18-15-12-9-6-3)80-74(77)68-65-62-59-56-53-50-47-44-42-40-37-35-33-31-29-26-23-20-17-14-11-8-5-2/h8-9,11-12,17-18,20-21,26-27,29,33,35,40,42,45,47,50,56,59,71H,4-7,10,13-16,19,22-25,28,30-32,34,36-39,41,43-44,46,48-49,51-55,57-58,60-70H2,1-3H3/b11-8-,12-9-,20-17-,21-18-,29-26-,35-33-,42-40-,45-27-,50-47-,59-56-. The van der Waals surface area contributed by atoms with Crippen molar-refractivity contribution in [2.24, 2.45) is 0 Å². The molecule has 0 rings (SSSR count). The predicted molar refractivity (Wildman–Crippen MR) is 348 cm³/mol. The summed E-state index contributed by atoms with van der Waals surface area (Å²) in [4.78, 5) is 38.4. The second-order valence-electron chi connectivity index (χ2n) is 22.0. The van der Waals surface area contributed by atoms with Gasteiger partial charge in [-0.3, -0.25) is 14.4 Å². The normalized spacial score (nSPS) is 12.9. The van der Waals surface area contributed by atoms with Crippen LogP contribution in [0.25, 0.3) is 0 Å². The highest BCUT2D eigenvalue weighted by molar-refractivity contribution is 5.71. The summed E-state index contributed by atoms with van der Waals surface area (Å²) in [5.74, 6) is -0.976. The highest BCUT2D eigenvalue weighted by atomic mass is 16.6. The van der Waals surface area contributed by atoms with Gasteiger partial charge in [0.05, 0.1) is 0 Å². The summed E-state index contributed by atoms with van der Waals surface area (Å²) in [7, 11) is 0. The van der Waals surface area contributed by atoms with Crippen LogP contribution in [0.1, 0.15) is 310 Å². The first kappa shape index (κ1) is 75.8. The van der Waals surface area contributed by atoms with E-state index in [0.717, 1.165) is 128 Å². The van der Waals surface area contributed by atoms with Crippen molar-refractivity contribution in [2.45, 2.75) is 316 Å². The first-order chi connectivity index (χ1) is 39.5. The van der Waals surface area contributed by atoms with Gasteiger partial charge in [0.1, 0.15) is 13.2 Å². The Kier molecular flexibility index (Phi) is 63.8. The Morgan fingerprint density at radius 3 is 0.800 bits per heavy atom. The summed E-state index contributed by atoms with van der Waals surface area (Å²) in [6.07, 6.45) is 93.7. The van der Waals surface area contributed by atoms with E-state index >= 15 is 0 Å². The van der Waals surface area contributed by atoms with Gasteiger partial charge in [0.2, 0.25) is 0 Å². The molecule has 0 aromatic carbocycles. The summed E-state index contributed by atoms with van der Waals surface area (Å²) in [5, 5.41) is 0. The molecular formula is C74H124O6. The molecule has 0 saturated heterocycles. The molecule has 0 radical (unpaired) electrons. The molecule has 0 aromatic rings. The molecule has 0 fully saturated rings. The minimum absolute atomic E-state index is 0.107. The maximum Gasteiger partial charge on any atom is 0.306 e. The van der Waals surface area contributed by atoms with Crippen LogP contribution in [-0.4, -0.2) is 37.2 Å². The van der Waals surface area contributed by atoms with Gasteiger partial charge in [-0.1, -0.05) is 309 Å². The quantitative estimate of drug-likeness (QED) is 0.0261. The molecule has 6 heteroatoms. The molecule has 6 nitrogen and oxygen atoms in total. The Bertz CT molecular complexity index is 1650. The van der Waals surface area contributed by atoms with Gasteiger partial charge in [-0.25, -0.2) is 0 Å². The molecule has 0 aliphatic carbocycles. The number of esters is 3. The lowest BCUT2D eigenvalue weighted by atomic mass is 10.0. The SMILES string of the molecule is CC/C=C\C/C=C\C/C=C\C/C=C\C/C=C\C/C=C\C/C=C\CCCC(=O)OC(COC(=O)CCCCCCC/C=C\C/C=C\C/C=C\CC)COC(=O)CCCCCCCCCCCCCCCCCCCCCCCCCC. The molecule has 1 unspecified atom stereocenters. The first-order valence-corrected chi connectivity index (χ1v) is 33.5. The topological polar surface area (TPSA) is 78.9 Å². The largest absolute Gasteiger partial charge is 0.462 e. The highest BCUT2D eigenvalue weighted by Crippen LogP contribution is 2.17. The lowest BCUT2D eigenvalue weighted by Gasteiger charge is -2.18. The van der Waals surface area contributed by atoms with Crippen LogP contribution in [0.5, 0.6) is 0 Å². The fraction of sp³-hybridized carbons (Fsp3) is 0.689. The van der Waals surface area contributed by atoms with Crippen LogP contribution in [0.3, 0.4) is 0 Å². The van der Waals surface area contributed by atoms with E-state index in [0.29, 0.717) is 19.3 Å². The number of allylic oxidation sites excluding steroid dienone is 20. The molecular weight excluding hydrogens is 985 g/mol. The van der Waals surface area contributed by atoms with E-state index < -0.39 is 6.10 Å². The number of ether oxygens (including phenoxy) is 3. The third-order valence-electron chi connectivity index (χ3n) is 14.2. The summed E-state index contributed by atoms with van der Waals surface area (Å²) < 4.78 is 16.9. The van der Waals surface area contributed by atoms with Crippen LogP contribution in [0, 0.1) is 0 Å². The van der Waals surface area contributed by atoms with Crippen LogP contribution in [0.2, 0.25) is 0 Å². The molecule has 80 heavy (non-hydrogen) atoms. The van der Waals surface area contributed by atoms with Gasteiger partial charge in [-0.15, -0.1) is 0 Å². The van der Waals surface area contributed by atoms with Gasteiger partial charge in [-0.2, -0.15) is 0 Å². The Labute approximate surface area is 494 Å². The van der Waals surface area contributed by atoms with Crippen molar-refractivity contribution in [2.75, 3.05) is 13.2 Å². The average Bonchev–Trinajstić information content (AvgIpc) is 3.46. The van der Waals surface area contributed by atoms with Crippen molar-refractivity contribution in [1.82, 2.24) is 0 Å². The second-order valence-corrected chi connectivity index (χ2v) is 22.0. The zero-order valence-corrected chi connectivity index (χ0v) is 52.3. The molecule has 0 amide bonds. The highest BCUT2D eigenvalue weighted by Gasteiger charge is 2.19. The van der Waals surface area contributed by atoms with E-state index in [-0.39, 0.29) is 37.5 Å². The van der Waals surface area contributed by atoms with Crippen molar-refractivity contribution >= 4 is 17.9 Å². The van der Waals surface area contributed by atoms with Crippen molar-refractivity contribution in [3.05, 3.63) is 122 Å². The minimum Gasteiger partial charge on any atom is -0.462 e. The predicted octanol–water partition coefficient (Wildman–Crippen LogP) is 23.2. The summed E-state index contributed by atoms with van der Waals surface area (Å²) in [6.45, 7) is 6.38. The van der Waals surface area contributed by atoms with Gasteiger partial charge < -0.3 is 14.2 Å². The van der Waals surface area contributed by atoms with Crippen molar-refractivity contribution in [3.8, 4) is 0 Å². The van der Waals surface area contributed by atoms with Crippen molar-refractivity contribution in [3.63, 3.8) is 0 Å².